The van der Waals surface area contributed by atoms with Gasteiger partial charge in [0.1, 0.15) is 5.52 Å². The Morgan fingerprint density at radius 1 is 1.30 bits per heavy atom. The number of rotatable bonds is 2. The summed E-state index contributed by atoms with van der Waals surface area (Å²) in [4.78, 5) is 8.98. The average molecular weight is 322 g/mol. The number of para-hydroxylation sites is 2. The molecule has 1 N–H and O–H groups in total. The van der Waals surface area contributed by atoms with Crippen LogP contribution in [-0.2, 0) is 0 Å². The van der Waals surface area contributed by atoms with Crippen LogP contribution < -0.4 is 5.32 Å². The molecule has 0 saturated heterocycles. The number of hydrogen-bond acceptors (Lipinski definition) is 5. The summed E-state index contributed by atoms with van der Waals surface area (Å²) in [6, 6.07) is 13.5. The van der Waals surface area contributed by atoms with Crippen molar-refractivity contribution in [2.75, 3.05) is 6.26 Å². The summed E-state index contributed by atoms with van der Waals surface area (Å²) in [6.07, 6.45) is 3.75. The normalized spacial score (nSPS) is 11.4. The summed E-state index contributed by atoms with van der Waals surface area (Å²) >= 11 is 1.38. The van der Waals surface area contributed by atoms with Gasteiger partial charge in [-0.15, -0.1) is 0 Å². The molecular weight excluding hydrogens is 308 g/mol. The number of amidine groups is 1. The molecule has 0 fully saturated rings. The number of aryl methyl sites for hydroxylation is 1. The Morgan fingerprint density at radius 2 is 2.13 bits per heavy atom. The second-order valence-electron chi connectivity index (χ2n) is 4.85. The van der Waals surface area contributed by atoms with Gasteiger partial charge in [0.05, 0.1) is 5.69 Å². The monoisotopic (exact) mass is 322 g/mol. The van der Waals surface area contributed by atoms with E-state index >= 15 is 0 Å². The molecule has 0 amide bonds. The van der Waals surface area contributed by atoms with Gasteiger partial charge in [-0.1, -0.05) is 30.0 Å². The first-order valence-corrected chi connectivity index (χ1v) is 8.18. The standard InChI is InChI=1S/C17H14N4OS/c1-11-7-8-12(9-14(11)21-17(23-2)19-10-18)16-20-13-5-3-4-6-15(13)22-16/h3-9H,1-2H3,(H,19,21). The molecular formula is C17H14N4OS. The predicted octanol–water partition coefficient (Wildman–Crippen LogP) is 4.22. The minimum atomic E-state index is 0.547. The number of nitriles is 1. The van der Waals surface area contributed by atoms with Crippen molar-refractivity contribution in [3.63, 3.8) is 0 Å². The number of nitrogens with zero attached hydrogens (tertiary/aromatic N) is 3. The highest BCUT2D eigenvalue weighted by Gasteiger charge is 2.10. The summed E-state index contributed by atoms with van der Waals surface area (Å²) in [5, 5.41) is 11.9. The zero-order chi connectivity index (χ0) is 16.2. The van der Waals surface area contributed by atoms with Gasteiger partial charge < -0.3 is 4.42 Å². The molecule has 0 aliphatic rings. The first kappa shape index (κ1) is 15.1. The van der Waals surface area contributed by atoms with Gasteiger partial charge in [-0.25, -0.2) is 9.98 Å². The number of aromatic nitrogens is 1. The molecule has 0 aliphatic heterocycles. The first-order valence-electron chi connectivity index (χ1n) is 6.95. The van der Waals surface area contributed by atoms with Crippen LogP contribution in [0.3, 0.4) is 0 Å². The molecule has 3 rings (SSSR count). The molecule has 6 heteroatoms. The average Bonchev–Trinajstić information content (AvgIpc) is 3.00. The van der Waals surface area contributed by atoms with Crippen molar-refractivity contribution < 1.29 is 4.42 Å². The Hall–Kier alpha value is -2.78. The van der Waals surface area contributed by atoms with Crippen molar-refractivity contribution in [2.24, 2.45) is 4.99 Å². The van der Waals surface area contributed by atoms with E-state index in [-0.39, 0.29) is 0 Å². The zero-order valence-electron chi connectivity index (χ0n) is 12.7. The molecule has 0 saturated carbocycles. The van der Waals surface area contributed by atoms with E-state index in [0.29, 0.717) is 11.1 Å². The fourth-order valence-corrected chi connectivity index (χ4v) is 2.48. The minimum Gasteiger partial charge on any atom is -0.436 e. The number of oxazole rings is 1. The lowest BCUT2D eigenvalue weighted by atomic mass is 10.1. The number of benzene rings is 2. The van der Waals surface area contributed by atoms with E-state index in [1.54, 1.807) is 0 Å². The van der Waals surface area contributed by atoms with Crippen LogP contribution in [0.1, 0.15) is 5.56 Å². The third-order valence-corrected chi connectivity index (χ3v) is 3.91. The topological polar surface area (TPSA) is 74.2 Å². The van der Waals surface area contributed by atoms with Crippen molar-refractivity contribution in [1.82, 2.24) is 10.3 Å². The highest BCUT2D eigenvalue weighted by Crippen LogP contribution is 2.29. The summed E-state index contributed by atoms with van der Waals surface area (Å²) in [6.45, 7) is 1.97. The molecule has 0 unspecified atom stereocenters. The lowest BCUT2D eigenvalue weighted by molar-refractivity contribution is 0.620. The second kappa shape index (κ2) is 6.55. The van der Waals surface area contributed by atoms with Gasteiger partial charge in [-0.05, 0) is 43.0 Å². The van der Waals surface area contributed by atoms with Gasteiger partial charge in [0.15, 0.2) is 16.9 Å². The fourth-order valence-electron chi connectivity index (χ4n) is 2.14. The van der Waals surface area contributed by atoms with E-state index < -0.39 is 0 Å². The van der Waals surface area contributed by atoms with Crippen LogP contribution in [0.2, 0.25) is 0 Å². The van der Waals surface area contributed by atoms with Crippen molar-refractivity contribution in [1.29, 1.82) is 5.26 Å². The van der Waals surface area contributed by atoms with Crippen LogP contribution in [0.15, 0.2) is 51.9 Å². The molecule has 0 aliphatic carbocycles. The number of nitrogens with one attached hydrogen (secondary N) is 1. The molecule has 0 atom stereocenters. The number of fused-ring (bicyclic) bond motifs is 1. The van der Waals surface area contributed by atoms with Crippen molar-refractivity contribution in [2.45, 2.75) is 6.92 Å². The molecule has 0 bridgehead atoms. The van der Waals surface area contributed by atoms with E-state index in [1.165, 1.54) is 11.8 Å². The van der Waals surface area contributed by atoms with Crippen molar-refractivity contribution >= 4 is 33.7 Å². The summed E-state index contributed by atoms with van der Waals surface area (Å²) in [5.74, 6) is 0.557. The third kappa shape index (κ3) is 3.20. The van der Waals surface area contributed by atoms with Crippen LogP contribution in [0.4, 0.5) is 5.69 Å². The molecule has 23 heavy (non-hydrogen) atoms. The van der Waals surface area contributed by atoms with Crippen LogP contribution in [0.25, 0.3) is 22.6 Å². The highest BCUT2D eigenvalue weighted by molar-refractivity contribution is 8.13. The molecule has 2 aromatic carbocycles. The zero-order valence-corrected chi connectivity index (χ0v) is 13.5. The molecule has 114 valence electrons. The Balaban J connectivity index is 2.04. The third-order valence-electron chi connectivity index (χ3n) is 3.33. The molecule has 0 radical (unpaired) electrons. The fraction of sp³-hybridized carbons (Fsp3) is 0.118. The van der Waals surface area contributed by atoms with Crippen molar-refractivity contribution in [3.05, 3.63) is 48.0 Å². The Morgan fingerprint density at radius 3 is 2.87 bits per heavy atom. The molecule has 1 aromatic heterocycles. The van der Waals surface area contributed by atoms with Crippen LogP contribution in [0, 0.1) is 18.4 Å². The minimum absolute atomic E-state index is 0.547. The maximum atomic E-state index is 8.75. The lowest BCUT2D eigenvalue weighted by Gasteiger charge is -2.05. The van der Waals surface area contributed by atoms with Crippen LogP contribution in [-0.4, -0.2) is 16.4 Å². The first-order chi connectivity index (χ1) is 11.2. The second-order valence-corrected chi connectivity index (χ2v) is 5.64. The van der Waals surface area contributed by atoms with E-state index in [2.05, 4.69) is 15.3 Å². The molecule has 1 heterocycles. The number of hydrogen-bond donors (Lipinski definition) is 1. The maximum Gasteiger partial charge on any atom is 0.227 e. The summed E-state index contributed by atoms with van der Waals surface area (Å²) < 4.78 is 5.80. The van der Waals surface area contributed by atoms with Gasteiger partial charge >= 0.3 is 0 Å². The van der Waals surface area contributed by atoms with Gasteiger partial charge in [0.2, 0.25) is 5.89 Å². The quantitative estimate of drug-likeness (QED) is 0.331. The SMILES string of the molecule is CSC(=Nc1cc(-c2nc3ccccc3o2)ccc1C)NC#N. The molecule has 5 nitrogen and oxygen atoms in total. The van der Waals surface area contributed by atoms with Gasteiger partial charge in [0, 0.05) is 5.56 Å². The van der Waals surface area contributed by atoms with Crippen LogP contribution >= 0.6 is 11.8 Å². The van der Waals surface area contributed by atoms with Gasteiger partial charge in [-0.3, -0.25) is 5.32 Å². The predicted molar refractivity (Wildman–Crippen MR) is 93.5 cm³/mol. The highest BCUT2D eigenvalue weighted by atomic mass is 32.2. The Labute approximate surface area is 138 Å². The van der Waals surface area contributed by atoms with E-state index in [0.717, 1.165) is 27.9 Å². The van der Waals surface area contributed by atoms with Crippen LogP contribution in [0.5, 0.6) is 0 Å². The van der Waals surface area contributed by atoms with E-state index in [1.807, 2.05) is 61.8 Å². The van der Waals surface area contributed by atoms with Crippen molar-refractivity contribution in [3.8, 4) is 17.6 Å². The summed E-state index contributed by atoms with van der Waals surface area (Å²) in [5.41, 5.74) is 4.21. The lowest BCUT2D eigenvalue weighted by Crippen LogP contribution is -2.12. The number of aliphatic imine (C=N–C) groups is 1. The Kier molecular flexibility index (Phi) is 4.31. The maximum absolute atomic E-state index is 8.75. The number of thioether (sulfide) groups is 1. The smallest absolute Gasteiger partial charge is 0.227 e. The van der Waals surface area contributed by atoms with Gasteiger partial charge in [-0.2, -0.15) is 5.26 Å². The van der Waals surface area contributed by atoms with E-state index in [4.69, 9.17) is 9.68 Å². The molecule has 3 aromatic rings. The summed E-state index contributed by atoms with van der Waals surface area (Å²) in [7, 11) is 0. The van der Waals surface area contributed by atoms with E-state index in [9.17, 15) is 0 Å². The largest absolute Gasteiger partial charge is 0.436 e. The Bertz CT molecular complexity index is 891. The molecule has 0 spiro atoms. The van der Waals surface area contributed by atoms with Gasteiger partial charge in [0.25, 0.3) is 0 Å².